The summed E-state index contributed by atoms with van der Waals surface area (Å²) < 4.78 is 5.27. The van der Waals surface area contributed by atoms with Crippen LogP contribution in [0.25, 0.3) is 0 Å². The maximum absolute atomic E-state index is 12.5. The van der Waals surface area contributed by atoms with Crippen LogP contribution in [0.2, 0.25) is 0 Å². The highest BCUT2D eigenvalue weighted by molar-refractivity contribution is 5.96. The number of hydrazone groups is 1. The van der Waals surface area contributed by atoms with E-state index >= 15 is 0 Å². The van der Waals surface area contributed by atoms with E-state index in [-0.39, 0.29) is 11.9 Å². The largest absolute Gasteiger partial charge is 0.497 e. The van der Waals surface area contributed by atoms with Crippen LogP contribution in [0.15, 0.2) is 29.4 Å². The highest BCUT2D eigenvalue weighted by Gasteiger charge is 2.54. The van der Waals surface area contributed by atoms with Gasteiger partial charge in [-0.25, -0.2) is 5.01 Å². The summed E-state index contributed by atoms with van der Waals surface area (Å²) in [5.74, 6) is 1.54. The summed E-state index contributed by atoms with van der Waals surface area (Å²) in [6, 6.07) is 8.51. The number of rotatable bonds is 3. The lowest BCUT2D eigenvalue weighted by atomic mass is 9.78. The number of nitrogens with one attached hydrogen (secondary N) is 1. The molecule has 4 heterocycles. The molecule has 0 aromatic heterocycles. The molecule has 4 aliphatic rings. The Kier molecular flexibility index (Phi) is 3.60. The van der Waals surface area contributed by atoms with Crippen molar-refractivity contribution in [1.82, 2.24) is 5.01 Å². The number of carbonyl (C=O) groups excluding carboxylic acids is 1. The predicted octanol–water partition coefficient (Wildman–Crippen LogP) is 1.02. The number of nitrogens with zero attached hydrogens (tertiary/aromatic N) is 2. The molecule has 0 aliphatic carbocycles. The first-order valence-electron chi connectivity index (χ1n) is 8.62. The zero-order valence-electron chi connectivity index (χ0n) is 13.8. The van der Waals surface area contributed by atoms with E-state index in [2.05, 4.69) is 12.1 Å². The molecule has 0 spiro atoms. The highest BCUT2D eigenvalue weighted by atomic mass is 16.5. The molecule has 5 rings (SSSR count). The molecule has 5 nitrogen and oxygen atoms in total. The van der Waals surface area contributed by atoms with Crippen LogP contribution < -0.4 is 9.64 Å². The SMILES string of the molecule is CCC(=O)N1N=C2C3CC[NH+](CC3)[C@H]2[C@H]1c1ccc(OC)cc1. The maximum Gasteiger partial charge on any atom is 0.243 e. The standard InChI is InChI=1S/C18H23N3O2/c1-3-15(22)21-17(13-4-6-14(23-2)7-5-13)18-16(19-21)12-8-10-20(18)11-9-12/h4-7,12,17-18H,3,8-11H2,1-2H3/p+1/t17-,18-/m1/s1. The van der Waals surface area contributed by atoms with Crippen molar-refractivity contribution in [3.8, 4) is 5.75 Å². The molecule has 4 aliphatic heterocycles. The molecule has 2 atom stereocenters. The summed E-state index contributed by atoms with van der Waals surface area (Å²) in [6.07, 6.45) is 2.93. The maximum atomic E-state index is 12.5. The van der Waals surface area contributed by atoms with Gasteiger partial charge >= 0.3 is 0 Å². The average molecular weight is 314 g/mol. The Labute approximate surface area is 136 Å². The molecule has 5 heteroatoms. The molecular weight excluding hydrogens is 290 g/mol. The Bertz CT molecular complexity index is 632. The number of piperidine rings is 3. The van der Waals surface area contributed by atoms with E-state index < -0.39 is 0 Å². The molecule has 2 bridgehead atoms. The van der Waals surface area contributed by atoms with E-state index in [0.717, 1.165) is 11.3 Å². The lowest BCUT2D eigenvalue weighted by Crippen LogP contribution is -3.20. The molecular formula is C18H24N3O2+. The first-order chi connectivity index (χ1) is 11.2. The van der Waals surface area contributed by atoms with Gasteiger partial charge in [-0.3, -0.25) is 4.79 Å². The van der Waals surface area contributed by atoms with Crippen molar-refractivity contribution >= 4 is 11.6 Å². The smallest absolute Gasteiger partial charge is 0.243 e. The van der Waals surface area contributed by atoms with Gasteiger partial charge in [-0.1, -0.05) is 19.1 Å². The third-order valence-corrected chi connectivity index (χ3v) is 5.62. The van der Waals surface area contributed by atoms with E-state index in [1.165, 1.54) is 31.6 Å². The second-order valence-electron chi connectivity index (χ2n) is 6.74. The molecule has 3 fully saturated rings. The fourth-order valence-corrected chi connectivity index (χ4v) is 4.42. The summed E-state index contributed by atoms with van der Waals surface area (Å²) in [5, 5.41) is 6.58. The summed E-state index contributed by atoms with van der Waals surface area (Å²) >= 11 is 0. The Morgan fingerprint density at radius 2 is 2.00 bits per heavy atom. The van der Waals surface area contributed by atoms with Gasteiger partial charge < -0.3 is 9.64 Å². The number of quaternary nitrogens is 1. The number of hydrogen-bond acceptors (Lipinski definition) is 3. The quantitative estimate of drug-likeness (QED) is 0.905. The third kappa shape index (κ3) is 2.26. The topological polar surface area (TPSA) is 46.3 Å². The Morgan fingerprint density at radius 1 is 1.30 bits per heavy atom. The fraction of sp³-hybridized carbons (Fsp3) is 0.556. The van der Waals surface area contributed by atoms with Gasteiger partial charge in [0, 0.05) is 25.2 Å². The molecule has 3 saturated heterocycles. The van der Waals surface area contributed by atoms with Crippen LogP contribution in [-0.4, -0.2) is 42.9 Å². The lowest BCUT2D eigenvalue weighted by molar-refractivity contribution is -0.927. The molecule has 1 aromatic carbocycles. The van der Waals surface area contributed by atoms with Crippen molar-refractivity contribution in [3.63, 3.8) is 0 Å². The molecule has 1 aromatic rings. The fourth-order valence-electron chi connectivity index (χ4n) is 4.42. The van der Waals surface area contributed by atoms with E-state index in [1.807, 2.05) is 19.1 Å². The second-order valence-corrected chi connectivity index (χ2v) is 6.74. The van der Waals surface area contributed by atoms with Crippen LogP contribution in [0.4, 0.5) is 0 Å². The van der Waals surface area contributed by atoms with Crippen molar-refractivity contribution in [1.29, 1.82) is 0 Å². The zero-order valence-corrected chi connectivity index (χ0v) is 13.8. The van der Waals surface area contributed by atoms with Crippen LogP contribution in [0.3, 0.4) is 0 Å². The monoisotopic (exact) mass is 314 g/mol. The van der Waals surface area contributed by atoms with Gasteiger partial charge in [0.25, 0.3) is 0 Å². The summed E-state index contributed by atoms with van der Waals surface area (Å²) in [4.78, 5) is 14.1. The minimum Gasteiger partial charge on any atom is -0.497 e. The zero-order chi connectivity index (χ0) is 16.0. The molecule has 23 heavy (non-hydrogen) atoms. The van der Waals surface area contributed by atoms with E-state index in [9.17, 15) is 4.79 Å². The number of hydrogen-bond donors (Lipinski definition) is 1. The van der Waals surface area contributed by atoms with Gasteiger partial charge in [-0.2, -0.15) is 5.10 Å². The highest BCUT2D eigenvalue weighted by Crippen LogP contribution is 2.37. The number of ether oxygens (including phenoxy) is 1. The normalized spacial score (nSPS) is 31.7. The van der Waals surface area contributed by atoms with Gasteiger partial charge in [0.05, 0.1) is 20.2 Å². The average Bonchev–Trinajstić information content (AvgIpc) is 3.04. The summed E-state index contributed by atoms with van der Waals surface area (Å²) in [5.41, 5.74) is 2.43. The van der Waals surface area contributed by atoms with Crippen molar-refractivity contribution in [2.24, 2.45) is 11.0 Å². The van der Waals surface area contributed by atoms with Crippen LogP contribution >= 0.6 is 0 Å². The van der Waals surface area contributed by atoms with Crippen molar-refractivity contribution < 1.29 is 14.4 Å². The molecule has 0 unspecified atom stereocenters. The number of amides is 1. The molecule has 0 saturated carbocycles. The number of benzene rings is 1. The van der Waals surface area contributed by atoms with E-state index in [1.54, 1.807) is 17.0 Å². The predicted molar refractivity (Wildman–Crippen MR) is 87.5 cm³/mol. The first-order valence-corrected chi connectivity index (χ1v) is 8.62. The molecule has 122 valence electrons. The molecule has 1 amide bonds. The van der Waals surface area contributed by atoms with Gasteiger partial charge in [0.1, 0.15) is 17.5 Å². The van der Waals surface area contributed by atoms with Crippen LogP contribution in [0.5, 0.6) is 5.75 Å². The minimum atomic E-state index is 0.0430. The van der Waals surface area contributed by atoms with Gasteiger partial charge in [-0.15, -0.1) is 0 Å². The van der Waals surface area contributed by atoms with Gasteiger partial charge in [0.2, 0.25) is 5.91 Å². The van der Waals surface area contributed by atoms with E-state index in [0.29, 0.717) is 18.4 Å². The number of methoxy groups -OCH3 is 1. The van der Waals surface area contributed by atoms with Crippen LogP contribution in [0.1, 0.15) is 37.8 Å². The lowest BCUT2D eigenvalue weighted by Gasteiger charge is -2.42. The third-order valence-electron chi connectivity index (χ3n) is 5.62. The second kappa shape index (κ2) is 5.64. The Hall–Kier alpha value is -1.88. The first kappa shape index (κ1) is 14.7. The molecule has 1 N–H and O–H groups in total. The number of carbonyl (C=O) groups is 1. The Morgan fingerprint density at radius 3 is 2.61 bits per heavy atom. The van der Waals surface area contributed by atoms with Crippen molar-refractivity contribution in [2.45, 2.75) is 38.3 Å². The summed E-state index contributed by atoms with van der Waals surface area (Å²) in [6.45, 7) is 4.32. The van der Waals surface area contributed by atoms with Gasteiger partial charge in [0.15, 0.2) is 6.04 Å². The van der Waals surface area contributed by atoms with Crippen LogP contribution in [0, 0.1) is 5.92 Å². The van der Waals surface area contributed by atoms with Gasteiger partial charge in [-0.05, 0) is 17.7 Å². The molecule has 0 radical (unpaired) electrons. The minimum absolute atomic E-state index is 0.0430. The summed E-state index contributed by atoms with van der Waals surface area (Å²) in [7, 11) is 1.68. The van der Waals surface area contributed by atoms with E-state index in [4.69, 9.17) is 9.84 Å². The number of fused-ring (bicyclic) bond motifs is 2. The Balaban J connectivity index is 1.73. The van der Waals surface area contributed by atoms with Crippen molar-refractivity contribution in [2.75, 3.05) is 20.2 Å². The van der Waals surface area contributed by atoms with Crippen LogP contribution in [-0.2, 0) is 4.79 Å². The van der Waals surface area contributed by atoms with Crippen molar-refractivity contribution in [3.05, 3.63) is 29.8 Å².